The predicted molar refractivity (Wildman–Crippen MR) is 309 cm³/mol. The molecule has 1 spiro atoms. The maximum Gasteiger partial charge on any atom is 0.140 e. The van der Waals surface area contributed by atoms with E-state index in [1.807, 2.05) is 12.1 Å². The van der Waals surface area contributed by atoms with Crippen molar-refractivity contribution in [2.24, 2.45) is 0 Å². The Morgan fingerprint density at radius 1 is 0.320 bits per heavy atom. The second-order valence-electron chi connectivity index (χ2n) is 21.1. The van der Waals surface area contributed by atoms with Gasteiger partial charge in [0, 0.05) is 55.1 Å². The van der Waals surface area contributed by atoms with Crippen molar-refractivity contribution in [3.8, 4) is 56.0 Å². The molecule has 3 nitrogen and oxygen atoms in total. The summed E-state index contributed by atoms with van der Waals surface area (Å²) in [5.41, 5.74) is 21.7. The van der Waals surface area contributed by atoms with E-state index in [0.29, 0.717) is 0 Å². The third-order valence-corrected chi connectivity index (χ3v) is 16.9. The highest BCUT2D eigenvalue weighted by atomic mass is 16.5. The molecule has 1 aromatic heterocycles. The Hall–Kier alpha value is -9.44. The minimum Gasteiger partial charge on any atom is -0.456 e. The standard InChI is InChI=1S/C72H47NO2/c1-71(2)60-22-10-7-18-55(60)58-43-51(37-40-61(58)71)73(49-33-26-44(27-34-49)48-32-41-67-59(42-48)56-19-9-12-25-66(56)74-67)50-35-28-47(29-36-50)52-21-13-24-63-68(52)57-20-8-11-23-62(57)72(63)64-38-30-45-14-3-5-16-53(45)69(64)75-70-54-17-6-4-15-46(54)31-39-65(70)72/h3-43H,1-2H3. The Labute approximate surface area is 435 Å². The first kappa shape index (κ1) is 42.1. The monoisotopic (exact) mass is 957 g/mol. The molecule has 0 radical (unpaired) electrons. The zero-order valence-electron chi connectivity index (χ0n) is 41.4. The molecule has 352 valence electrons. The summed E-state index contributed by atoms with van der Waals surface area (Å²) in [5.74, 6) is 1.85. The van der Waals surface area contributed by atoms with E-state index in [1.54, 1.807) is 0 Å². The molecular formula is C72H47NO2. The second-order valence-corrected chi connectivity index (χ2v) is 21.1. The first-order valence-electron chi connectivity index (χ1n) is 26.1. The molecule has 0 saturated carbocycles. The third-order valence-electron chi connectivity index (χ3n) is 16.9. The summed E-state index contributed by atoms with van der Waals surface area (Å²) in [6, 6.07) is 91.5. The number of hydrogen-bond donors (Lipinski definition) is 0. The minimum absolute atomic E-state index is 0.0937. The normalized spacial score (nSPS) is 14.1. The lowest BCUT2D eigenvalue weighted by Gasteiger charge is -2.40. The summed E-state index contributed by atoms with van der Waals surface area (Å²) in [5, 5.41) is 6.82. The van der Waals surface area contributed by atoms with Gasteiger partial charge in [-0.2, -0.15) is 0 Å². The molecule has 3 heteroatoms. The summed E-state index contributed by atoms with van der Waals surface area (Å²) in [4.78, 5) is 2.42. The van der Waals surface area contributed by atoms with Gasteiger partial charge in [0.25, 0.3) is 0 Å². The highest BCUT2D eigenvalue weighted by Crippen LogP contribution is 2.65. The highest BCUT2D eigenvalue weighted by molar-refractivity contribution is 6.07. The smallest absolute Gasteiger partial charge is 0.140 e. The van der Waals surface area contributed by atoms with Gasteiger partial charge in [0.05, 0.1) is 5.41 Å². The molecule has 3 aliphatic rings. The zero-order valence-corrected chi connectivity index (χ0v) is 41.4. The van der Waals surface area contributed by atoms with Crippen molar-refractivity contribution in [3.05, 3.63) is 282 Å². The van der Waals surface area contributed by atoms with Gasteiger partial charge in [0.1, 0.15) is 22.7 Å². The minimum atomic E-state index is -0.624. The third kappa shape index (κ3) is 5.87. The fraction of sp³-hybridized carbons (Fsp3) is 0.0556. The van der Waals surface area contributed by atoms with Gasteiger partial charge in [0.15, 0.2) is 0 Å². The van der Waals surface area contributed by atoms with Crippen LogP contribution in [-0.2, 0) is 10.8 Å². The molecule has 0 N–H and O–H groups in total. The van der Waals surface area contributed by atoms with Crippen LogP contribution in [0.2, 0.25) is 0 Å². The van der Waals surface area contributed by atoms with Crippen molar-refractivity contribution in [1.29, 1.82) is 0 Å². The number of furan rings is 1. The molecule has 2 aliphatic carbocycles. The number of rotatable bonds is 5. The van der Waals surface area contributed by atoms with Crippen LogP contribution in [0.15, 0.2) is 253 Å². The summed E-state index contributed by atoms with van der Waals surface area (Å²) < 4.78 is 13.4. The quantitative estimate of drug-likeness (QED) is 0.172. The van der Waals surface area contributed by atoms with Crippen LogP contribution in [0.3, 0.4) is 0 Å². The van der Waals surface area contributed by atoms with E-state index in [0.717, 1.165) is 88.7 Å². The molecule has 0 bridgehead atoms. The average molecular weight is 958 g/mol. The van der Waals surface area contributed by atoms with Gasteiger partial charge in [-0.3, -0.25) is 0 Å². The summed E-state index contributed by atoms with van der Waals surface area (Å²) in [7, 11) is 0. The van der Waals surface area contributed by atoms with Crippen LogP contribution in [0, 0.1) is 0 Å². The molecule has 2 heterocycles. The van der Waals surface area contributed by atoms with Gasteiger partial charge in [-0.05, 0) is 132 Å². The lowest BCUT2D eigenvalue weighted by Crippen LogP contribution is -2.32. The second kappa shape index (κ2) is 15.5. The van der Waals surface area contributed by atoms with Crippen LogP contribution in [0.4, 0.5) is 17.1 Å². The fourth-order valence-corrected chi connectivity index (χ4v) is 13.5. The Balaban J connectivity index is 0.856. The molecule has 13 aromatic rings. The van der Waals surface area contributed by atoms with E-state index in [9.17, 15) is 0 Å². The van der Waals surface area contributed by atoms with E-state index < -0.39 is 5.41 Å². The van der Waals surface area contributed by atoms with E-state index in [4.69, 9.17) is 9.15 Å². The van der Waals surface area contributed by atoms with Gasteiger partial charge < -0.3 is 14.1 Å². The Morgan fingerprint density at radius 2 is 0.840 bits per heavy atom. The number of benzene rings is 12. The van der Waals surface area contributed by atoms with Crippen molar-refractivity contribution < 1.29 is 9.15 Å². The zero-order chi connectivity index (χ0) is 49.6. The van der Waals surface area contributed by atoms with Crippen LogP contribution in [0.1, 0.15) is 47.2 Å². The highest BCUT2D eigenvalue weighted by Gasteiger charge is 2.52. The molecule has 12 aromatic carbocycles. The molecule has 0 amide bonds. The summed E-state index contributed by atoms with van der Waals surface area (Å²) in [6.45, 7) is 4.70. The van der Waals surface area contributed by atoms with Gasteiger partial charge in [0.2, 0.25) is 0 Å². The Morgan fingerprint density at radius 3 is 1.56 bits per heavy atom. The van der Waals surface area contributed by atoms with Gasteiger partial charge in [-0.1, -0.05) is 208 Å². The van der Waals surface area contributed by atoms with E-state index in [1.165, 1.54) is 61.2 Å². The molecule has 0 fully saturated rings. The van der Waals surface area contributed by atoms with E-state index >= 15 is 0 Å². The maximum atomic E-state index is 7.24. The summed E-state index contributed by atoms with van der Waals surface area (Å²) in [6.07, 6.45) is 0. The fourth-order valence-electron chi connectivity index (χ4n) is 13.5. The maximum absolute atomic E-state index is 7.24. The van der Waals surface area contributed by atoms with Gasteiger partial charge in [-0.25, -0.2) is 0 Å². The number of nitrogens with zero attached hydrogens (tertiary/aromatic N) is 1. The Bertz CT molecular complexity index is 4450. The van der Waals surface area contributed by atoms with Crippen molar-refractivity contribution in [2.75, 3.05) is 4.90 Å². The largest absolute Gasteiger partial charge is 0.456 e. The molecular weight excluding hydrogens is 911 g/mol. The van der Waals surface area contributed by atoms with Gasteiger partial charge in [-0.15, -0.1) is 0 Å². The molecule has 1 aliphatic heterocycles. The van der Waals surface area contributed by atoms with E-state index in [-0.39, 0.29) is 5.41 Å². The van der Waals surface area contributed by atoms with Crippen LogP contribution in [0.25, 0.3) is 88.0 Å². The number of para-hydroxylation sites is 1. The topological polar surface area (TPSA) is 25.6 Å². The van der Waals surface area contributed by atoms with Crippen LogP contribution >= 0.6 is 0 Å². The number of anilines is 3. The van der Waals surface area contributed by atoms with Crippen molar-refractivity contribution in [2.45, 2.75) is 24.7 Å². The van der Waals surface area contributed by atoms with Gasteiger partial charge >= 0.3 is 0 Å². The van der Waals surface area contributed by atoms with Crippen molar-refractivity contribution in [1.82, 2.24) is 0 Å². The first-order valence-corrected chi connectivity index (χ1v) is 26.1. The average Bonchev–Trinajstić information content (AvgIpc) is 4.15. The molecule has 0 saturated heterocycles. The van der Waals surface area contributed by atoms with E-state index in [2.05, 4.69) is 255 Å². The lowest BCUT2D eigenvalue weighted by atomic mass is 9.65. The van der Waals surface area contributed by atoms with Crippen molar-refractivity contribution in [3.63, 3.8) is 0 Å². The number of hydrogen-bond acceptors (Lipinski definition) is 3. The summed E-state index contributed by atoms with van der Waals surface area (Å²) >= 11 is 0. The lowest BCUT2D eigenvalue weighted by molar-refractivity contribution is 0.447. The van der Waals surface area contributed by atoms with Crippen LogP contribution in [0.5, 0.6) is 11.5 Å². The molecule has 0 unspecified atom stereocenters. The van der Waals surface area contributed by atoms with Crippen LogP contribution in [-0.4, -0.2) is 0 Å². The van der Waals surface area contributed by atoms with Crippen molar-refractivity contribution >= 4 is 60.5 Å². The molecule has 16 rings (SSSR count). The van der Waals surface area contributed by atoms with Crippen LogP contribution < -0.4 is 9.64 Å². The Kier molecular flexibility index (Phi) is 8.72. The predicted octanol–water partition coefficient (Wildman–Crippen LogP) is 19.5. The molecule has 0 atom stereocenters. The number of ether oxygens (including phenoxy) is 1. The molecule has 75 heavy (non-hydrogen) atoms. The SMILES string of the molecule is CC1(C)c2ccccc2-c2cc(N(c3ccc(-c4ccc5oc6ccccc6c5c4)cc3)c3ccc(-c4cccc5c4-c4ccccc4C54c5ccc6ccccc6c5Oc5c4ccc4ccccc54)cc3)ccc21. The first-order chi connectivity index (χ1) is 36.9. The number of fused-ring (bicyclic) bond motifs is 19.